The number of sulfonamides is 1. The predicted molar refractivity (Wildman–Crippen MR) is 148 cm³/mol. The number of aryl methyl sites for hydroxylation is 1. The molecule has 0 aliphatic carbocycles. The zero-order chi connectivity index (χ0) is 33.4. The first-order chi connectivity index (χ1) is 21.1. The number of rotatable bonds is 13. The van der Waals surface area contributed by atoms with E-state index >= 15 is 0 Å². The Morgan fingerprint density at radius 3 is 2.31 bits per heavy atom. The van der Waals surface area contributed by atoms with Gasteiger partial charge < -0.3 is 14.2 Å². The molecule has 45 heavy (non-hydrogen) atoms. The number of benzene rings is 2. The molecule has 19 heteroatoms. The van der Waals surface area contributed by atoms with Crippen molar-refractivity contribution >= 4 is 22.3 Å². The molecule has 0 radical (unpaired) electrons. The van der Waals surface area contributed by atoms with E-state index in [4.69, 9.17) is 9.47 Å². The maximum absolute atomic E-state index is 13.5. The molecule has 0 fully saturated rings. The van der Waals surface area contributed by atoms with Crippen LogP contribution in [0, 0.1) is 11.8 Å². The molecule has 2 N–H and O–H groups in total. The average molecular weight is 660 g/mol. The summed E-state index contributed by atoms with van der Waals surface area (Å²) in [4.78, 5) is 39.5. The van der Waals surface area contributed by atoms with Gasteiger partial charge in [0.1, 0.15) is 13.2 Å². The molecule has 0 unspecified atom stereocenters. The summed E-state index contributed by atoms with van der Waals surface area (Å²) in [5, 5.41) is 4.62. The van der Waals surface area contributed by atoms with Crippen LogP contribution in [0.5, 0.6) is 0 Å². The summed E-state index contributed by atoms with van der Waals surface area (Å²) < 4.78 is 82.5. The van der Waals surface area contributed by atoms with Crippen LogP contribution in [0.1, 0.15) is 25.1 Å². The highest BCUT2D eigenvalue weighted by molar-refractivity contribution is 7.90. The third-order valence-corrected chi connectivity index (χ3v) is 6.95. The van der Waals surface area contributed by atoms with Gasteiger partial charge in [-0.3, -0.25) is 0 Å². The Hall–Kier alpha value is -4.91. The molecule has 0 bridgehead atoms. The van der Waals surface area contributed by atoms with Crippen molar-refractivity contribution in [3.63, 3.8) is 0 Å². The normalized spacial score (nSPS) is 11.6. The molecule has 0 aliphatic heterocycles. The molecular weight excluding hydrogens is 629 g/mol. The molecule has 1 amide bonds. The monoisotopic (exact) mass is 659 g/mol. The third kappa shape index (κ3) is 10.1. The zero-order valence-corrected chi connectivity index (χ0v) is 25.2. The number of nitrogens with one attached hydrogen (secondary N) is 2. The van der Waals surface area contributed by atoms with Crippen LogP contribution in [0.3, 0.4) is 0 Å². The molecule has 2 aromatic carbocycles. The number of hydrogen-bond donors (Lipinski definition) is 2. The first kappa shape index (κ1) is 34.6. The van der Waals surface area contributed by atoms with Crippen LogP contribution in [0.4, 0.5) is 22.8 Å². The summed E-state index contributed by atoms with van der Waals surface area (Å²) >= 11 is 0. The summed E-state index contributed by atoms with van der Waals surface area (Å²) in [6.07, 6.45) is -7.49. The van der Waals surface area contributed by atoms with Crippen molar-refractivity contribution in [2.45, 2.75) is 37.9 Å². The van der Waals surface area contributed by atoms with Gasteiger partial charge in [0, 0.05) is 11.2 Å². The van der Waals surface area contributed by atoms with Crippen LogP contribution in [-0.4, -0.2) is 73.5 Å². The highest BCUT2D eigenvalue weighted by Gasteiger charge is 2.35. The van der Waals surface area contributed by atoms with Crippen LogP contribution in [0.2, 0.25) is 0 Å². The minimum absolute atomic E-state index is 0.0816. The zero-order valence-electron chi connectivity index (χ0n) is 24.4. The standard InChI is InChI=1S/C26H29F3N6O9S/c1-17(2)44-25(37)42-16-43-32-35(38)33(4)13-14-41-24(36)31-45(39,40)21-11-9-20(10-12-21)34-22(15-23(30-34)26(27,28)29)19-7-5-18(3)6-8-19/h5-12,15,17H,13-14,16H2,1-4H3,(H-,31,32,36,38)/p+1. The van der Waals surface area contributed by atoms with E-state index in [9.17, 15) is 36.1 Å². The van der Waals surface area contributed by atoms with Crippen LogP contribution in [-0.2, 0) is 35.2 Å². The molecule has 3 aromatic rings. The minimum atomic E-state index is -4.72. The van der Waals surface area contributed by atoms with E-state index in [1.807, 2.05) is 12.5 Å². The van der Waals surface area contributed by atoms with Crippen LogP contribution < -0.4 is 10.3 Å². The van der Waals surface area contributed by atoms with Gasteiger partial charge in [-0.15, -0.1) is 5.01 Å². The number of amides is 1. The number of carbonyl (C=O) groups excluding carboxylic acids is 2. The number of halogens is 3. The van der Waals surface area contributed by atoms with Gasteiger partial charge >= 0.3 is 18.4 Å². The quantitative estimate of drug-likeness (QED) is 0.0894. The lowest BCUT2D eigenvalue weighted by atomic mass is 10.1. The summed E-state index contributed by atoms with van der Waals surface area (Å²) in [7, 11) is -3.17. The van der Waals surface area contributed by atoms with E-state index in [1.54, 1.807) is 42.8 Å². The number of carbonyl (C=O) groups is 2. The Bertz CT molecular complexity index is 1600. The van der Waals surface area contributed by atoms with Gasteiger partial charge in [0.15, 0.2) is 5.69 Å². The molecule has 0 saturated carbocycles. The van der Waals surface area contributed by atoms with Crippen molar-refractivity contribution in [2.24, 2.45) is 0 Å². The number of nitrogens with zero attached hydrogens (tertiary/aromatic N) is 4. The van der Waals surface area contributed by atoms with E-state index in [0.29, 0.717) is 5.56 Å². The first-order valence-electron chi connectivity index (χ1n) is 13.0. The van der Waals surface area contributed by atoms with Crippen molar-refractivity contribution in [1.82, 2.24) is 25.1 Å². The Kier molecular flexibility index (Phi) is 11.3. The van der Waals surface area contributed by atoms with Crippen molar-refractivity contribution in [2.75, 3.05) is 27.0 Å². The highest BCUT2D eigenvalue weighted by atomic mass is 32.2. The Morgan fingerprint density at radius 1 is 1.07 bits per heavy atom. The van der Waals surface area contributed by atoms with Gasteiger partial charge in [0.05, 0.1) is 34.3 Å². The molecule has 0 aliphatic rings. The number of hydrogen-bond acceptors (Lipinski definition) is 10. The maximum Gasteiger partial charge on any atom is 0.510 e. The van der Waals surface area contributed by atoms with Gasteiger partial charge in [-0.1, -0.05) is 29.8 Å². The van der Waals surface area contributed by atoms with E-state index < -0.39 is 53.6 Å². The van der Waals surface area contributed by atoms with Gasteiger partial charge in [-0.2, -0.15) is 23.1 Å². The van der Waals surface area contributed by atoms with E-state index in [1.165, 1.54) is 19.2 Å². The second-order valence-electron chi connectivity index (χ2n) is 9.49. The molecule has 15 nitrogen and oxygen atoms in total. The fourth-order valence-electron chi connectivity index (χ4n) is 3.43. The third-order valence-electron chi connectivity index (χ3n) is 5.62. The number of ether oxygens (including phenoxy) is 3. The molecule has 1 heterocycles. The van der Waals surface area contributed by atoms with E-state index in [2.05, 4.69) is 14.7 Å². The molecule has 244 valence electrons. The number of nitroso groups, excluding NO2 is 1. The van der Waals surface area contributed by atoms with Crippen molar-refractivity contribution in [3.8, 4) is 16.9 Å². The van der Waals surface area contributed by atoms with Gasteiger partial charge in [-0.05, 0) is 51.1 Å². The fourth-order valence-corrected chi connectivity index (χ4v) is 4.32. The topological polar surface area (TPSA) is 170 Å². The maximum atomic E-state index is 13.5. The average Bonchev–Trinajstić information content (AvgIpc) is 3.41. The molecule has 0 spiro atoms. The Morgan fingerprint density at radius 2 is 1.71 bits per heavy atom. The molecule has 1 aromatic heterocycles. The number of likely N-dealkylation sites (N-methyl/N-ethyl adjacent to an activating group) is 1. The predicted octanol–water partition coefficient (Wildman–Crippen LogP) is 3.86. The largest absolute Gasteiger partial charge is 0.510 e. The smallest absolute Gasteiger partial charge is 0.447 e. The lowest BCUT2D eigenvalue weighted by Crippen LogP contribution is -2.42. The molecule has 0 saturated heterocycles. The molecule has 0 atom stereocenters. The van der Waals surface area contributed by atoms with Gasteiger partial charge in [0.2, 0.25) is 6.79 Å². The summed E-state index contributed by atoms with van der Waals surface area (Å²) in [5.41, 5.74) is 2.37. The van der Waals surface area contributed by atoms with Crippen LogP contribution >= 0.6 is 0 Å². The fraction of sp³-hybridized carbons (Fsp3) is 0.346. The number of aromatic nitrogens is 2. The Labute approximate surface area is 255 Å². The molecule has 3 rings (SSSR count). The summed E-state index contributed by atoms with van der Waals surface area (Å²) in [5.74, 6) is 0. The van der Waals surface area contributed by atoms with E-state index in [0.717, 1.165) is 33.5 Å². The lowest BCUT2D eigenvalue weighted by Gasteiger charge is -2.11. The number of alkyl halides is 3. The number of hydrazine groups is 2. The summed E-state index contributed by atoms with van der Waals surface area (Å²) in [6.45, 7) is 3.74. The summed E-state index contributed by atoms with van der Waals surface area (Å²) in [6, 6.07) is 12.3. The second kappa shape index (κ2) is 14.7. The van der Waals surface area contributed by atoms with Crippen molar-refractivity contribution in [1.29, 1.82) is 0 Å². The minimum Gasteiger partial charge on any atom is -0.447 e. The van der Waals surface area contributed by atoms with Crippen molar-refractivity contribution < 1.29 is 55.2 Å². The van der Waals surface area contributed by atoms with E-state index in [-0.39, 0.29) is 27.8 Å². The van der Waals surface area contributed by atoms with Crippen LogP contribution in [0.25, 0.3) is 16.9 Å². The van der Waals surface area contributed by atoms with Gasteiger partial charge in [0.25, 0.3) is 15.0 Å². The highest BCUT2D eigenvalue weighted by Crippen LogP contribution is 2.33. The lowest BCUT2D eigenvalue weighted by molar-refractivity contribution is -0.785. The van der Waals surface area contributed by atoms with Crippen molar-refractivity contribution in [3.05, 3.63) is 70.8 Å². The van der Waals surface area contributed by atoms with Crippen LogP contribution in [0.15, 0.2) is 59.5 Å². The molecular formula is C26H30F3N6O9S+. The second-order valence-corrected chi connectivity index (χ2v) is 11.2. The SMILES string of the molecule is Cc1ccc(-c2cc(C(F)(F)F)nn2-c2ccc(S(=O)(=O)NC(=O)OCCN(C)[N+](=O)NOCOC(=O)OC(C)C)cc2)cc1. The van der Waals surface area contributed by atoms with Gasteiger partial charge in [-0.25, -0.2) is 27.4 Å². The first-order valence-corrected chi connectivity index (χ1v) is 14.5. The Balaban J connectivity index is 1.56.